The minimum absolute atomic E-state index is 0.00773. The van der Waals surface area contributed by atoms with Crippen molar-refractivity contribution in [1.82, 2.24) is 20.1 Å². The molecule has 0 aliphatic carbocycles. The Kier molecular flexibility index (Phi) is 4.97. The molecule has 166 valence electrons. The van der Waals surface area contributed by atoms with Gasteiger partial charge in [-0.1, -0.05) is 23.8 Å². The van der Waals surface area contributed by atoms with Gasteiger partial charge in [0.1, 0.15) is 17.1 Å². The molecule has 4 aromatic rings. The van der Waals surface area contributed by atoms with Crippen LogP contribution in [0.4, 0.5) is 0 Å². The third-order valence-corrected chi connectivity index (χ3v) is 5.87. The van der Waals surface area contributed by atoms with Gasteiger partial charge in [-0.2, -0.15) is 5.10 Å². The molecule has 3 N–H and O–H groups in total. The number of nitrogens with zero attached hydrogens (tertiary/aromatic N) is 3. The molecular formula is C25H22N4O4. The molecule has 1 amide bonds. The molecule has 0 spiro atoms. The van der Waals surface area contributed by atoms with E-state index in [-0.39, 0.29) is 17.4 Å². The predicted octanol–water partition coefficient (Wildman–Crippen LogP) is 3.95. The molecule has 3 heterocycles. The van der Waals surface area contributed by atoms with Gasteiger partial charge >= 0.3 is 0 Å². The number of aromatic hydroxyl groups is 2. The zero-order valence-electron chi connectivity index (χ0n) is 18.1. The summed E-state index contributed by atoms with van der Waals surface area (Å²) in [4.78, 5) is 19.4. The zero-order chi connectivity index (χ0) is 23.1. The van der Waals surface area contributed by atoms with Crippen LogP contribution >= 0.6 is 0 Å². The normalized spacial score (nSPS) is 15.0. The largest absolute Gasteiger partial charge is 0.507 e. The lowest BCUT2D eigenvalue weighted by molar-refractivity contribution is 0.0729. The second-order valence-electron chi connectivity index (χ2n) is 8.01. The molecule has 0 saturated carbocycles. The number of phenolic OH excluding ortho intramolecular Hbond substituents is 2. The highest BCUT2D eigenvalue weighted by Crippen LogP contribution is 2.46. The van der Waals surface area contributed by atoms with E-state index in [1.807, 2.05) is 31.2 Å². The number of phenols is 2. The number of pyridine rings is 1. The SMILES string of the molecule is COc1cc([C@H]2c3c(-c4cc(C)ccc4O)n[nH]c3C(=O)N2Cc2cccnc2)ccc1O. The molecule has 8 nitrogen and oxygen atoms in total. The van der Waals surface area contributed by atoms with Crippen molar-refractivity contribution in [3.8, 4) is 28.5 Å². The van der Waals surface area contributed by atoms with Crippen molar-refractivity contribution in [3.05, 3.63) is 88.9 Å². The first-order valence-corrected chi connectivity index (χ1v) is 10.4. The van der Waals surface area contributed by atoms with E-state index in [0.717, 1.165) is 16.7 Å². The quantitative estimate of drug-likeness (QED) is 0.432. The lowest BCUT2D eigenvalue weighted by Crippen LogP contribution is -2.29. The standard InChI is InChI=1S/C25H22N4O4/c1-14-5-7-18(30)17(10-14)22-21-23(28-27-22)25(32)29(13-15-4-3-9-26-12-15)24(21)16-6-8-19(31)20(11-16)33-2/h3-12,24,30-31H,13H2,1-2H3,(H,27,28)/t24-/m0/s1. The molecule has 1 atom stereocenters. The second-order valence-corrected chi connectivity index (χ2v) is 8.01. The van der Waals surface area contributed by atoms with Gasteiger partial charge in [0.2, 0.25) is 0 Å². The van der Waals surface area contributed by atoms with Crippen LogP contribution in [0, 0.1) is 6.92 Å². The number of carbonyl (C=O) groups excluding carboxylic acids is 1. The van der Waals surface area contributed by atoms with Gasteiger partial charge in [-0.3, -0.25) is 14.9 Å². The Balaban J connectivity index is 1.70. The lowest BCUT2D eigenvalue weighted by Gasteiger charge is -2.27. The average molecular weight is 442 g/mol. The van der Waals surface area contributed by atoms with Crippen LogP contribution in [-0.2, 0) is 6.54 Å². The Hall–Kier alpha value is -4.33. The van der Waals surface area contributed by atoms with Crippen molar-refractivity contribution in [2.75, 3.05) is 7.11 Å². The summed E-state index contributed by atoms with van der Waals surface area (Å²) in [5.41, 5.74) is 4.66. The number of hydrogen-bond donors (Lipinski definition) is 3. The van der Waals surface area contributed by atoms with Gasteiger partial charge in [0.15, 0.2) is 11.5 Å². The first kappa shape index (κ1) is 20.6. The number of aromatic amines is 1. The highest BCUT2D eigenvalue weighted by molar-refractivity contribution is 6.00. The Morgan fingerprint density at radius 3 is 2.70 bits per heavy atom. The minimum Gasteiger partial charge on any atom is -0.507 e. The van der Waals surface area contributed by atoms with Gasteiger partial charge < -0.3 is 19.8 Å². The van der Waals surface area contributed by atoms with E-state index in [4.69, 9.17) is 4.74 Å². The molecule has 1 aliphatic heterocycles. The van der Waals surface area contributed by atoms with Gasteiger partial charge in [0, 0.05) is 30.1 Å². The maximum atomic E-state index is 13.5. The summed E-state index contributed by atoms with van der Waals surface area (Å²) in [6.45, 7) is 2.25. The molecule has 0 saturated heterocycles. The molecule has 2 aromatic heterocycles. The number of aryl methyl sites for hydroxylation is 1. The monoisotopic (exact) mass is 442 g/mol. The number of rotatable bonds is 5. The molecule has 5 rings (SSSR count). The van der Waals surface area contributed by atoms with E-state index in [1.54, 1.807) is 41.6 Å². The number of ether oxygens (including phenoxy) is 1. The van der Waals surface area contributed by atoms with E-state index in [0.29, 0.717) is 34.8 Å². The average Bonchev–Trinajstić information content (AvgIpc) is 3.36. The fraction of sp³-hybridized carbons (Fsp3) is 0.160. The van der Waals surface area contributed by atoms with E-state index >= 15 is 0 Å². The van der Waals surface area contributed by atoms with Crippen molar-refractivity contribution >= 4 is 5.91 Å². The second kappa shape index (κ2) is 7.98. The minimum atomic E-state index is -0.518. The Morgan fingerprint density at radius 2 is 1.94 bits per heavy atom. The summed E-state index contributed by atoms with van der Waals surface area (Å²) >= 11 is 0. The van der Waals surface area contributed by atoms with Crippen LogP contribution in [-0.4, -0.2) is 43.3 Å². The fourth-order valence-electron chi connectivity index (χ4n) is 4.30. The molecule has 1 aliphatic rings. The summed E-state index contributed by atoms with van der Waals surface area (Å²) in [6, 6.07) is 13.5. The van der Waals surface area contributed by atoms with Crippen LogP contribution < -0.4 is 4.74 Å². The van der Waals surface area contributed by atoms with Crippen molar-refractivity contribution < 1.29 is 19.7 Å². The maximum absolute atomic E-state index is 13.5. The Morgan fingerprint density at radius 1 is 1.12 bits per heavy atom. The Labute approximate surface area is 190 Å². The first-order valence-electron chi connectivity index (χ1n) is 10.4. The van der Waals surface area contributed by atoms with Crippen LogP contribution in [0.2, 0.25) is 0 Å². The third kappa shape index (κ3) is 3.45. The number of H-pyrrole nitrogens is 1. The van der Waals surface area contributed by atoms with Crippen LogP contribution in [0.25, 0.3) is 11.3 Å². The number of nitrogens with one attached hydrogen (secondary N) is 1. The van der Waals surface area contributed by atoms with Crippen LogP contribution in [0.5, 0.6) is 17.2 Å². The van der Waals surface area contributed by atoms with E-state index in [9.17, 15) is 15.0 Å². The number of aromatic nitrogens is 3. The molecule has 2 aromatic carbocycles. The van der Waals surface area contributed by atoms with Crippen molar-refractivity contribution in [3.63, 3.8) is 0 Å². The third-order valence-electron chi connectivity index (χ3n) is 5.87. The van der Waals surface area contributed by atoms with Gasteiger partial charge in [0.25, 0.3) is 5.91 Å². The molecule has 0 bridgehead atoms. The summed E-state index contributed by atoms with van der Waals surface area (Å²) in [6.07, 6.45) is 3.41. The molecule has 8 heteroatoms. The summed E-state index contributed by atoms with van der Waals surface area (Å²) < 4.78 is 5.32. The number of carbonyl (C=O) groups is 1. The summed E-state index contributed by atoms with van der Waals surface area (Å²) in [7, 11) is 1.48. The number of hydrogen-bond acceptors (Lipinski definition) is 6. The highest BCUT2D eigenvalue weighted by atomic mass is 16.5. The van der Waals surface area contributed by atoms with Crippen molar-refractivity contribution in [2.24, 2.45) is 0 Å². The Bertz CT molecular complexity index is 1350. The molecular weight excluding hydrogens is 420 g/mol. The maximum Gasteiger partial charge on any atom is 0.273 e. The number of benzene rings is 2. The number of fused-ring (bicyclic) bond motifs is 1. The van der Waals surface area contributed by atoms with E-state index < -0.39 is 6.04 Å². The van der Waals surface area contributed by atoms with Gasteiger partial charge in [0.05, 0.1) is 13.2 Å². The molecule has 0 fully saturated rings. The number of amides is 1. The van der Waals surface area contributed by atoms with Gasteiger partial charge in [-0.15, -0.1) is 0 Å². The molecule has 33 heavy (non-hydrogen) atoms. The first-order chi connectivity index (χ1) is 16.0. The van der Waals surface area contributed by atoms with Crippen molar-refractivity contribution in [2.45, 2.75) is 19.5 Å². The summed E-state index contributed by atoms with van der Waals surface area (Å²) in [5.74, 6) is 0.179. The van der Waals surface area contributed by atoms with Crippen LogP contribution in [0.15, 0.2) is 60.9 Å². The lowest BCUT2D eigenvalue weighted by atomic mass is 9.94. The van der Waals surface area contributed by atoms with E-state index in [2.05, 4.69) is 15.2 Å². The molecule has 0 unspecified atom stereocenters. The van der Waals surface area contributed by atoms with Gasteiger partial charge in [-0.25, -0.2) is 0 Å². The smallest absolute Gasteiger partial charge is 0.273 e. The van der Waals surface area contributed by atoms with Crippen molar-refractivity contribution in [1.29, 1.82) is 0 Å². The molecule has 0 radical (unpaired) electrons. The summed E-state index contributed by atoms with van der Waals surface area (Å²) in [5, 5.41) is 28.0. The van der Waals surface area contributed by atoms with E-state index in [1.165, 1.54) is 7.11 Å². The van der Waals surface area contributed by atoms with Crippen LogP contribution in [0.3, 0.4) is 0 Å². The fourth-order valence-corrected chi connectivity index (χ4v) is 4.30. The number of methoxy groups -OCH3 is 1. The topological polar surface area (TPSA) is 112 Å². The van der Waals surface area contributed by atoms with Crippen LogP contribution in [0.1, 0.15) is 38.8 Å². The van der Waals surface area contributed by atoms with Gasteiger partial charge in [-0.05, 0) is 48.4 Å². The highest BCUT2D eigenvalue weighted by Gasteiger charge is 2.42. The predicted molar refractivity (Wildman–Crippen MR) is 121 cm³/mol. The zero-order valence-corrected chi connectivity index (χ0v) is 18.1.